The predicted octanol–water partition coefficient (Wildman–Crippen LogP) is 3.38. The fraction of sp³-hybridized carbons (Fsp3) is 0.643. The average molecular weight is 311 g/mol. The van der Waals surface area contributed by atoms with Crippen LogP contribution in [0.25, 0.3) is 0 Å². The summed E-state index contributed by atoms with van der Waals surface area (Å²) in [7, 11) is 0. The lowest BCUT2D eigenvalue weighted by Gasteiger charge is -2.45. The summed E-state index contributed by atoms with van der Waals surface area (Å²) in [5.41, 5.74) is 0.0977. The van der Waals surface area contributed by atoms with Gasteiger partial charge in [0.15, 0.2) is 0 Å². The summed E-state index contributed by atoms with van der Waals surface area (Å²) in [6.45, 7) is 2.77. The molecular formula is C14H19BrN2O. The maximum absolute atomic E-state index is 6.11. The third-order valence-electron chi connectivity index (χ3n) is 4.04. The van der Waals surface area contributed by atoms with E-state index in [2.05, 4.69) is 31.9 Å². The minimum atomic E-state index is 0.0977. The molecule has 2 heterocycles. The lowest BCUT2D eigenvalue weighted by molar-refractivity contribution is -0.0783. The van der Waals surface area contributed by atoms with Crippen molar-refractivity contribution in [1.29, 1.82) is 0 Å². The van der Waals surface area contributed by atoms with E-state index in [9.17, 15) is 0 Å². The van der Waals surface area contributed by atoms with Crippen LogP contribution in [0.2, 0.25) is 0 Å². The van der Waals surface area contributed by atoms with Crippen LogP contribution in [0.5, 0.6) is 0 Å². The smallest absolute Gasteiger partial charge is 0.129 e. The third-order valence-corrected chi connectivity index (χ3v) is 4.54. The van der Waals surface area contributed by atoms with Crippen LogP contribution in [0.1, 0.15) is 32.1 Å². The number of rotatable bonds is 1. The zero-order chi connectivity index (χ0) is 12.4. The molecule has 3 nitrogen and oxygen atoms in total. The van der Waals surface area contributed by atoms with Gasteiger partial charge in [-0.25, -0.2) is 4.98 Å². The summed E-state index contributed by atoms with van der Waals surface area (Å²) in [6.07, 6.45) is 8.25. The number of ether oxygens (including phenoxy) is 1. The molecule has 1 spiro atoms. The van der Waals surface area contributed by atoms with Gasteiger partial charge >= 0.3 is 0 Å². The monoisotopic (exact) mass is 310 g/mol. The Labute approximate surface area is 117 Å². The first-order chi connectivity index (χ1) is 8.77. The lowest BCUT2D eigenvalue weighted by atomic mass is 9.83. The Morgan fingerprint density at radius 1 is 1.28 bits per heavy atom. The number of nitrogens with zero attached hydrogens (tertiary/aromatic N) is 2. The van der Waals surface area contributed by atoms with Crippen molar-refractivity contribution in [2.45, 2.75) is 37.7 Å². The van der Waals surface area contributed by atoms with Crippen molar-refractivity contribution < 1.29 is 4.74 Å². The first kappa shape index (κ1) is 12.4. The van der Waals surface area contributed by atoms with E-state index in [1.807, 2.05) is 12.3 Å². The van der Waals surface area contributed by atoms with Crippen LogP contribution in [0.15, 0.2) is 22.8 Å². The van der Waals surface area contributed by atoms with E-state index in [1.54, 1.807) is 0 Å². The number of anilines is 1. The fourth-order valence-corrected chi connectivity index (χ4v) is 3.43. The maximum atomic E-state index is 6.11. The largest absolute Gasteiger partial charge is 0.371 e. The van der Waals surface area contributed by atoms with Gasteiger partial charge < -0.3 is 9.64 Å². The second-order valence-electron chi connectivity index (χ2n) is 5.35. The summed E-state index contributed by atoms with van der Waals surface area (Å²) >= 11 is 3.52. The molecule has 0 N–H and O–H groups in total. The molecule has 98 valence electrons. The van der Waals surface area contributed by atoms with Crippen molar-refractivity contribution in [2.75, 3.05) is 24.6 Å². The van der Waals surface area contributed by atoms with Crippen LogP contribution in [-0.4, -0.2) is 30.3 Å². The second-order valence-corrected chi connectivity index (χ2v) is 6.26. The maximum Gasteiger partial charge on any atom is 0.129 e. The molecule has 3 rings (SSSR count). The van der Waals surface area contributed by atoms with Gasteiger partial charge in [0.25, 0.3) is 0 Å². The molecule has 0 amide bonds. The van der Waals surface area contributed by atoms with Crippen LogP contribution >= 0.6 is 15.9 Å². The number of pyridine rings is 1. The standard InChI is InChI=1S/C14H19BrN2O/c15-12-4-7-16-13(10-12)17-8-9-18-14(11-17)5-2-1-3-6-14/h4,7,10H,1-3,5-6,8-9,11H2. The number of halogens is 1. The molecule has 1 aromatic heterocycles. The molecule has 4 heteroatoms. The van der Waals surface area contributed by atoms with Crippen LogP contribution in [0.4, 0.5) is 5.82 Å². The molecule has 1 aromatic rings. The molecule has 0 atom stereocenters. The molecule has 1 saturated heterocycles. The van der Waals surface area contributed by atoms with Gasteiger partial charge in [-0.1, -0.05) is 35.2 Å². The van der Waals surface area contributed by atoms with Crippen LogP contribution < -0.4 is 4.90 Å². The van der Waals surface area contributed by atoms with E-state index in [0.29, 0.717) is 0 Å². The minimum absolute atomic E-state index is 0.0977. The van der Waals surface area contributed by atoms with Gasteiger partial charge in [0.05, 0.1) is 12.2 Å². The predicted molar refractivity (Wildman–Crippen MR) is 75.9 cm³/mol. The highest BCUT2D eigenvalue weighted by Crippen LogP contribution is 2.35. The molecule has 0 radical (unpaired) electrons. The van der Waals surface area contributed by atoms with Crippen LogP contribution in [0, 0.1) is 0 Å². The van der Waals surface area contributed by atoms with Crippen molar-refractivity contribution >= 4 is 21.7 Å². The van der Waals surface area contributed by atoms with Crippen molar-refractivity contribution in [3.8, 4) is 0 Å². The van der Waals surface area contributed by atoms with E-state index < -0.39 is 0 Å². The van der Waals surface area contributed by atoms with Gasteiger partial charge in [-0.3, -0.25) is 0 Å². The first-order valence-electron chi connectivity index (χ1n) is 6.78. The molecule has 18 heavy (non-hydrogen) atoms. The molecule has 1 aliphatic heterocycles. The number of hydrogen-bond acceptors (Lipinski definition) is 3. The van der Waals surface area contributed by atoms with Crippen molar-refractivity contribution in [1.82, 2.24) is 4.98 Å². The number of aromatic nitrogens is 1. The highest BCUT2D eigenvalue weighted by atomic mass is 79.9. The Balaban J connectivity index is 1.77. The van der Waals surface area contributed by atoms with E-state index in [1.165, 1.54) is 32.1 Å². The van der Waals surface area contributed by atoms with Gasteiger partial charge in [0.1, 0.15) is 5.82 Å². The van der Waals surface area contributed by atoms with E-state index >= 15 is 0 Å². The summed E-state index contributed by atoms with van der Waals surface area (Å²) in [5.74, 6) is 1.07. The Morgan fingerprint density at radius 3 is 2.89 bits per heavy atom. The zero-order valence-corrected chi connectivity index (χ0v) is 12.2. The highest BCUT2D eigenvalue weighted by Gasteiger charge is 2.38. The third kappa shape index (κ3) is 2.54. The SMILES string of the molecule is Brc1ccnc(N2CCOC3(CCCCC3)C2)c1. The Hall–Kier alpha value is -0.610. The topological polar surface area (TPSA) is 25.4 Å². The van der Waals surface area contributed by atoms with Crippen molar-refractivity contribution in [2.24, 2.45) is 0 Å². The Kier molecular flexibility index (Phi) is 3.57. The van der Waals surface area contributed by atoms with Gasteiger partial charge in [-0.15, -0.1) is 0 Å². The summed E-state index contributed by atoms with van der Waals surface area (Å²) in [4.78, 5) is 6.86. The molecule has 1 saturated carbocycles. The molecule has 0 unspecified atom stereocenters. The van der Waals surface area contributed by atoms with E-state index in [-0.39, 0.29) is 5.60 Å². The number of morpholine rings is 1. The van der Waals surface area contributed by atoms with Gasteiger partial charge in [0.2, 0.25) is 0 Å². The Morgan fingerprint density at radius 2 is 2.11 bits per heavy atom. The van der Waals surface area contributed by atoms with Crippen LogP contribution in [-0.2, 0) is 4.74 Å². The molecule has 2 fully saturated rings. The highest BCUT2D eigenvalue weighted by molar-refractivity contribution is 9.10. The van der Waals surface area contributed by atoms with Gasteiger partial charge in [-0.2, -0.15) is 0 Å². The fourth-order valence-electron chi connectivity index (χ4n) is 3.11. The van der Waals surface area contributed by atoms with E-state index in [0.717, 1.165) is 30.0 Å². The lowest BCUT2D eigenvalue weighted by Crippen LogP contribution is -2.53. The minimum Gasteiger partial charge on any atom is -0.371 e. The summed E-state index contributed by atoms with van der Waals surface area (Å²) < 4.78 is 7.20. The first-order valence-corrected chi connectivity index (χ1v) is 7.57. The molecule has 1 aliphatic carbocycles. The molecule has 2 aliphatic rings. The zero-order valence-electron chi connectivity index (χ0n) is 10.6. The summed E-state index contributed by atoms with van der Waals surface area (Å²) in [5, 5.41) is 0. The summed E-state index contributed by atoms with van der Waals surface area (Å²) in [6, 6.07) is 4.07. The van der Waals surface area contributed by atoms with Crippen molar-refractivity contribution in [3.05, 3.63) is 22.8 Å². The Bertz CT molecular complexity index is 413. The van der Waals surface area contributed by atoms with Crippen molar-refractivity contribution in [3.63, 3.8) is 0 Å². The van der Waals surface area contributed by atoms with E-state index in [4.69, 9.17) is 4.74 Å². The van der Waals surface area contributed by atoms with Gasteiger partial charge in [0, 0.05) is 23.8 Å². The number of hydrogen-bond donors (Lipinski definition) is 0. The van der Waals surface area contributed by atoms with Crippen LogP contribution in [0.3, 0.4) is 0 Å². The molecule has 0 bridgehead atoms. The normalized spacial score (nSPS) is 23.3. The molecular weight excluding hydrogens is 292 g/mol. The average Bonchev–Trinajstić information content (AvgIpc) is 2.40. The molecule has 0 aromatic carbocycles. The quantitative estimate of drug-likeness (QED) is 0.795. The second kappa shape index (κ2) is 5.17. The van der Waals surface area contributed by atoms with Gasteiger partial charge in [-0.05, 0) is 25.0 Å².